The number of rotatable bonds is 9. The third-order valence-electron chi connectivity index (χ3n) is 2.41. The molecule has 1 N–H and O–H groups in total. The van der Waals surface area contributed by atoms with Crippen molar-refractivity contribution in [3.05, 3.63) is 0 Å². The zero-order valence-corrected chi connectivity index (χ0v) is 11.6. The highest BCUT2D eigenvalue weighted by molar-refractivity contribution is 5.80. The number of hydrogen-bond donors (Lipinski definition) is 1. The Balaban J connectivity index is 4.30. The SMILES string of the molecule is CCCNC(C)(COCCC(F)(F)F)C(=O)OCC. The van der Waals surface area contributed by atoms with Gasteiger partial charge in [-0.1, -0.05) is 6.92 Å². The molecular formula is C12H22F3NO3. The number of alkyl halides is 3. The van der Waals surface area contributed by atoms with Gasteiger partial charge in [-0.15, -0.1) is 0 Å². The predicted octanol–water partition coefficient (Wildman–Crippen LogP) is 2.28. The number of carbonyl (C=O) groups is 1. The van der Waals surface area contributed by atoms with Crippen molar-refractivity contribution in [3.63, 3.8) is 0 Å². The Morgan fingerprint density at radius 1 is 1.26 bits per heavy atom. The molecule has 7 heteroatoms. The summed E-state index contributed by atoms with van der Waals surface area (Å²) in [7, 11) is 0. The number of hydrogen-bond acceptors (Lipinski definition) is 4. The maximum absolute atomic E-state index is 12.0. The minimum absolute atomic E-state index is 0.151. The standard InChI is InChI=1S/C12H22F3NO3/c1-4-7-16-11(3,10(17)19-5-2)9-18-8-6-12(13,14)15/h16H,4-9H2,1-3H3. The summed E-state index contributed by atoms with van der Waals surface area (Å²) in [6.45, 7) is 5.30. The average molecular weight is 285 g/mol. The zero-order chi connectivity index (χ0) is 14.9. The lowest BCUT2D eigenvalue weighted by Crippen LogP contribution is -2.54. The molecule has 0 fully saturated rings. The minimum atomic E-state index is -4.25. The molecule has 0 saturated carbocycles. The molecule has 0 rings (SSSR count). The highest BCUT2D eigenvalue weighted by atomic mass is 19.4. The molecular weight excluding hydrogens is 263 g/mol. The van der Waals surface area contributed by atoms with E-state index in [-0.39, 0.29) is 13.2 Å². The Morgan fingerprint density at radius 2 is 1.89 bits per heavy atom. The smallest absolute Gasteiger partial charge is 0.391 e. The first-order chi connectivity index (χ1) is 8.75. The molecule has 0 aromatic rings. The molecule has 0 aromatic carbocycles. The summed E-state index contributed by atoms with van der Waals surface area (Å²) < 4.78 is 45.8. The van der Waals surface area contributed by atoms with Crippen LogP contribution in [0.4, 0.5) is 13.2 Å². The van der Waals surface area contributed by atoms with E-state index in [0.29, 0.717) is 6.54 Å². The van der Waals surface area contributed by atoms with Crippen LogP contribution in [0.15, 0.2) is 0 Å². The number of esters is 1. The van der Waals surface area contributed by atoms with Gasteiger partial charge in [0.25, 0.3) is 0 Å². The van der Waals surface area contributed by atoms with Crippen LogP contribution in [0, 0.1) is 0 Å². The van der Waals surface area contributed by atoms with Crippen LogP contribution in [-0.2, 0) is 14.3 Å². The van der Waals surface area contributed by atoms with Crippen LogP contribution in [0.1, 0.15) is 33.6 Å². The van der Waals surface area contributed by atoms with E-state index in [4.69, 9.17) is 9.47 Å². The Morgan fingerprint density at radius 3 is 2.37 bits per heavy atom. The Labute approximate surface area is 111 Å². The molecule has 0 amide bonds. The average Bonchev–Trinajstić information content (AvgIpc) is 2.31. The first-order valence-electron chi connectivity index (χ1n) is 6.32. The fourth-order valence-corrected chi connectivity index (χ4v) is 1.34. The van der Waals surface area contributed by atoms with Gasteiger partial charge in [-0.3, -0.25) is 0 Å². The van der Waals surface area contributed by atoms with Gasteiger partial charge in [0.2, 0.25) is 0 Å². The first kappa shape index (κ1) is 18.2. The molecule has 0 aliphatic heterocycles. The van der Waals surface area contributed by atoms with E-state index >= 15 is 0 Å². The van der Waals surface area contributed by atoms with Crippen molar-refractivity contribution < 1.29 is 27.4 Å². The van der Waals surface area contributed by atoms with Crippen molar-refractivity contribution >= 4 is 5.97 Å². The molecule has 19 heavy (non-hydrogen) atoms. The van der Waals surface area contributed by atoms with Crippen molar-refractivity contribution in [2.45, 2.75) is 45.3 Å². The summed E-state index contributed by atoms with van der Waals surface area (Å²) >= 11 is 0. The van der Waals surface area contributed by atoms with Crippen LogP contribution in [-0.4, -0.2) is 44.0 Å². The third kappa shape index (κ3) is 8.05. The minimum Gasteiger partial charge on any atom is -0.465 e. The summed E-state index contributed by atoms with van der Waals surface area (Å²) in [5.74, 6) is -0.518. The van der Waals surface area contributed by atoms with Gasteiger partial charge in [-0.25, -0.2) is 4.79 Å². The van der Waals surface area contributed by atoms with Gasteiger partial charge >= 0.3 is 12.1 Å². The van der Waals surface area contributed by atoms with E-state index < -0.39 is 30.7 Å². The van der Waals surface area contributed by atoms with Gasteiger partial charge in [-0.2, -0.15) is 13.2 Å². The summed E-state index contributed by atoms with van der Waals surface area (Å²) in [6, 6.07) is 0. The number of ether oxygens (including phenoxy) is 2. The maximum Gasteiger partial charge on any atom is 0.391 e. The van der Waals surface area contributed by atoms with Gasteiger partial charge in [0, 0.05) is 0 Å². The van der Waals surface area contributed by atoms with Crippen LogP contribution in [0.2, 0.25) is 0 Å². The Bertz CT molecular complexity index is 271. The molecule has 0 aromatic heterocycles. The molecule has 0 saturated heterocycles. The second-order valence-corrected chi connectivity index (χ2v) is 4.40. The van der Waals surface area contributed by atoms with Crippen LogP contribution < -0.4 is 5.32 Å². The second-order valence-electron chi connectivity index (χ2n) is 4.40. The van der Waals surface area contributed by atoms with Crippen molar-refractivity contribution in [2.75, 3.05) is 26.4 Å². The van der Waals surface area contributed by atoms with Gasteiger partial charge in [0.15, 0.2) is 0 Å². The van der Waals surface area contributed by atoms with Crippen molar-refractivity contribution in [3.8, 4) is 0 Å². The van der Waals surface area contributed by atoms with Gasteiger partial charge < -0.3 is 14.8 Å². The topological polar surface area (TPSA) is 47.6 Å². The van der Waals surface area contributed by atoms with Crippen molar-refractivity contribution in [1.82, 2.24) is 5.32 Å². The molecule has 0 spiro atoms. The zero-order valence-electron chi connectivity index (χ0n) is 11.6. The fraction of sp³-hybridized carbons (Fsp3) is 0.917. The quantitative estimate of drug-likeness (QED) is 0.521. The van der Waals surface area contributed by atoms with E-state index in [1.165, 1.54) is 0 Å². The molecule has 1 atom stereocenters. The lowest BCUT2D eigenvalue weighted by molar-refractivity contribution is -0.157. The Kier molecular flexibility index (Phi) is 8.01. The predicted molar refractivity (Wildman–Crippen MR) is 64.8 cm³/mol. The second kappa shape index (κ2) is 8.37. The largest absolute Gasteiger partial charge is 0.465 e. The van der Waals surface area contributed by atoms with E-state index in [9.17, 15) is 18.0 Å². The third-order valence-corrected chi connectivity index (χ3v) is 2.41. The van der Waals surface area contributed by atoms with E-state index in [2.05, 4.69) is 5.32 Å². The van der Waals surface area contributed by atoms with E-state index in [1.54, 1.807) is 13.8 Å². The monoisotopic (exact) mass is 285 g/mol. The summed E-state index contributed by atoms with van der Waals surface area (Å²) in [5, 5.41) is 2.95. The molecule has 114 valence electrons. The maximum atomic E-state index is 12.0. The molecule has 1 unspecified atom stereocenters. The van der Waals surface area contributed by atoms with E-state index in [0.717, 1.165) is 6.42 Å². The highest BCUT2D eigenvalue weighted by Gasteiger charge is 2.35. The van der Waals surface area contributed by atoms with Gasteiger partial charge in [0.1, 0.15) is 5.54 Å². The summed E-state index contributed by atoms with van der Waals surface area (Å²) in [6.07, 6.45) is -4.49. The summed E-state index contributed by atoms with van der Waals surface area (Å²) in [5.41, 5.74) is -1.11. The highest BCUT2D eigenvalue weighted by Crippen LogP contribution is 2.19. The number of nitrogens with one attached hydrogen (secondary N) is 1. The van der Waals surface area contributed by atoms with Crippen molar-refractivity contribution in [1.29, 1.82) is 0 Å². The van der Waals surface area contributed by atoms with Crippen LogP contribution in [0.25, 0.3) is 0 Å². The molecule has 0 aliphatic rings. The lowest BCUT2D eigenvalue weighted by atomic mass is 10.0. The lowest BCUT2D eigenvalue weighted by Gasteiger charge is -2.28. The fourth-order valence-electron chi connectivity index (χ4n) is 1.34. The normalized spacial score (nSPS) is 15.1. The van der Waals surface area contributed by atoms with Crippen LogP contribution in [0.3, 0.4) is 0 Å². The number of halogens is 3. The van der Waals surface area contributed by atoms with Crippen molar-refractivity contribution in [2.24, 2.45) is 0 Å². The molecule has 0 radical (unpaired) electrons. The first-order valence-corrected chi connectivity index (χ1v) is 6.32. The number of carbonyl (C=O) groups excluding carboxylic acids is 1. The van der Waals surface area contributed by atoms with Crippen LogP contribution >= 0.6 is 0 Å². The van der Waals surface area contributed by atoms with Gasteiger partial charge in [0.05, 0.1) is 26.2 Å². The molecule has 0 bridgehead atoms. The van der Waals surface area contributed by atoms with Gasteiger partial charge in [-0.05, 0) is 26.8 Å². The van der Waals surface area contributed by atoms with E-state index in [1.807, 2.05) is 6.92 Å². The Hall–Kier alpha value is -0.820. The van der Waals surface area contributed by atoms with Crippen LogP contribution in [0.5, 0.6) is 0 Å². The summed E-state index contributed by atoms with van der Waals surface area (Å²) in [4.78, 5) is 11.8. The molecule has 0 heterocycles. The molecule has 4 nitrogen and oxygen atoms in total. The molecule has 0 aliphatic carbocycles.